The molecule has 3 atom stereocenters. The van der Waals surface area contributed by atoms with Gasteiger partial charge in [0.25, 0.3) is 0 Å². The number of halogens is 1. The maximum absolute atomic E-state index is 13.1. The van der Waals surface area contributed by atoms with Gasteiger partial charge in [0.15, 0.2) is 0 Å². The minimum atomic E-state index is -0.326. The van der Waals surface area contributed by atoms with Crippen molar-refractivity contribution in [2.75, 3.05) is 0 Å². The normalized spacial score (nSPS) is 21.9. The summed E-state index contributed by atoms with van der Waals surface area (Å²) in [6.45, 7) is 0. The second kappa shape index (κ2) is 7.86. The largest absolute Gasteiger partial charge is 0.393 e. The molecule has 0 amide bonds. The lowest BCUT2D eigenvalue weighted by atomic mass is 9.79. The minimum absolute atomic E-state index is 0.0425. The van der Waals surface area contributed by atoms with Gasteiger partial charge in [0, 0.05) is 11.5 Å². The molecule has 0 spiro atoms. The van der Waals surface area contributed by atoms with Crippen molar-refractivity contribution in [3.8, 4) is 0 Å². The van der Waals surface area contributed by atoms with Gasteiger partial charge >= 0.3 is 0 Å². The Morgan fingerprint density at radius 3 is 2.38 bits per heavy atom. The van der Waals surface area contributed by atoms with Crippen molar-refractivity contribution >= 4 is 17.2 Å². The summed E-state index contributed by atoms with van der Waals surface area (Å²) in [5.74, 6) is -0.150. The Kier molecular flexibility index (Phi) is 5.59. The van der Waals surface area contributed by atoms with Crippen LogP contribution in [0.1, 0.15) is 42.9 Å². The Morgan fingerprint density at radius 2 is 1.71 bits per heavy atom. The van der Waals surface area contributed by atoms with Crippen molar-refractivity contribution < 1.29 is 9.50 Å². The molecule has 0 aromatic heterocycles. The van der Waals surface area contributed by atoms with Gasteiger partial charge in [0.05, 0.1) is 12.1 Å². The summed E-state index contributed by atoms with van der Waals surface area (Å²) in [4.78, 5) is 0.585. The maximum Gasteiger partial charge on any atom is 0.123 e. The van der Waals surface area contributed by atoms with E-state index in [-0.39, 0.29) is 23.9 Å². The maximum atomic E-state index is 13.1. The lowest BCUT2D eigenvalue weighted by molar-refractivity contribution is 0.0519. The summed E-state index contributed by atoms with van der Waals surface area (Å²) >= 11 is 5.53. The van der Waals surface area contributed by atoms with Crippen LogP contribution in [0.5, 0.6) is 0 Å². The van der Waals surface area contributed by atoms with Crippen molar-refractivity contribution in [3.63, 3.8) is 0 Å². The first-order valence-electron chi connectivity index (χ1n) is 8.44. The zero-order chi connectivity index (χ0) is 16.9. The Hall–Kier alpha value is -1.78. The molecule has 1 aliphatic carbocycles. The molecule has 0 radical (unpaired) electrons. The molecule has 24 heavy (non-hydrogen) atoms. The Balaban J connectivity index is 1.84. The van der Waals surface area contributed by atoms with E-state index in [9.17, 15) is 9.50 Å². The summed E-state index contributed by atoms with van der Waals surface area (Å²) in [7, 11) is 0. The van der Waals surface area contributed by atoms with Gasteiger partial charge in [-0.25, -0.2) is 4.39 Å². The van der Waals surface area contributed by atoms with Crippen LogP contribution in [0.15, 0.2) is 54.6 Å². The van der Waals surface area contributed by atoms with Gasteiger partial charge in [-0.1, -0.05) is 55.4 Å². The fourth-order valence-electron chi connectivity index (χ4n) is 3.45. The monoisotopic (exact) mass is 343 g/mol. The van der Waals surface area contributed by atoms with Crippen LogP contribution in [0, 0.1) is 11.7 Å². The first kappa shape index (κ1) is 17.1. The molecule has 1 fully saturated rings. The van der Waals surface area contributed by atoms with Crippen LogP contribution in [-0.4, -0.2) is 16.2 Å². The lowest BCUT2D eigenvalue weighted by Crippen LogP contribution is -2.39. The molecule has 2 aromatic carbocycles. The number of aliphatic hydroxyl groups excluding tert-OH is 1. The molecule has 4 heteroatoms. The van der Waals surface area contributed by atoms with E-state index in [2.05, 4.69) is 17.4 Å². The van der Waals surface area contributed by atoms with E-state index >= 15 is 0 Å². The highest BCUT2D eigenvalue weighted by Crippen LogP contribution is 2.35. The average molecular weight is 343 g/mol. The van der Waals surface area contributed by atoms with Gasteiger partial charge in [-0.3, -0.25) is 0 Å². The highest BCUT2D eigenvalue weighted by molar-refractivity contribution is 7.80. The van der Waals surface area contributed by atoms with E-state index in [1.165, 1.54) is 12.1 Å². The van der Waals surface area contributed by atoms with E-state index in [0.717, 1.165) is 36.8 Å². The number of thiocarbonyl (C=S) groups is 1. The second-order valence-electron chi connectivity index (χ2n) is 6.38. The quantitative estimate of drug-likeness (QED) is 0.808. The summed E-state index contributed by atoms with van der Waals surface area (Å²) in [6, 6.07) is 16.3. The van der Waals surface area contributed by atoms with Crippen molar-refractivity contribution in [2.24, 2.45) is 5.92 Å². The van der Waals surface area contributed by atoms with Crippen LogP contribution in [0.2, 0.25) is 0 Å². The van der Waals surface area contributed by atoms with Crippen molar-refractivity contribution in [3.05, 3.63) is 71.5 Å². The molecule has 126 valence electrons. The average Bonchev–Trinajstić information content (AvgIpc) is 2.61. The van der Waals surface area contributed by atoms with Gasteiger partial charge in [0.1, 0.15) is 10.8 Å². The number of hydrogen-bond donors (Lipinski definition) is 2. The van der Waals surface area contributed by atoms with Crippen LogP contribution in [0.4, 0.5) is 4.39 Å². The number of benzene rings is 2. The molecule has 2 aromatic rings. The highest BCUT2D eigenvalue weighted by atomic mass is 32.1. The molecule has 0 aliphatic heterocycles. The topological polar surface area (TPSA) is 32.3 Å². The van der Waals surface area contributed by atoms with Crippen LogP contribution in [-0.2, 0) is 0 Å². The third-order valence-electron chi connectivity index (χ3n) is 4.76. The molecule has 1 aliphatic rings. The Morgan fingerprint density at radius 1 is 1.04 bits per heavy atom. The fraction of sp³-hybridized carbons (Fsp3) is 0.350. The smallest absolute Gasteiger partial charge is 0.123 e. The van der Waals surface area contributed by atoms with Gasteiger partial charge < -0.3 is 10.4 Å². The summed E-state index contributed by atoms with van der Waals surface area (Å²) < 4.78 is 13.1. The van der Waals surface area contributed by atoms with Crippen LogP contribution >= 0.6 is 12.2 Å². The first-order chi connectivity index (χ1) is 11.6. The standard InChI is InChI=1S/C20H22FNOS/c21-16-12-10-15(11-13-16)20(24)22-19(14-6-2-1-3-7-14)17-8-4-5-9-18(17)23/h1-3,6-7,10-13,17-19,23H,4-5,8-9H2,(H,22,24)/t17-,18-,19+/m1/s1. The summed E-state index contributed by atoms with van der Waals surface area (Å²) in [5, 5.41) is 13.9. The molecule has 0 unspecified atom stereocenters. The van der Waals surface area contributed by atoms with Crippen LogP contribution in [0.25, 0.3) is 0 Å². The zero-order valence-corrected chi connectivity index (χ0v) is 14.3. The predicted octanol–water partition coefficient (Wildman–Crippen LogP) is 4.38. The van der Waals surface area contributed by atoms with Crippen molar-refractivity contribution in [1.29, 1.82) is 0 Å². The molecule has 1 saturated carbocycles. The van der Waals surface area contributed by atoms with E-state index in [0.29, 0.717) is 4.99 Å². The number of nitrogens with one attached hydrogen (secondary N) is 1. The molecule has 3 rings (SSSR count). The second-order valence-corrected chi connectivity index (χ2v) is 6.79. The SMILES string of the molecule is O[C@@H]1CCCC[C@H]1[C@@H](NC(=S)c1ccc(F)cc1)c1ccccc1. The molecule has 0 bridgehead atoms. The van der Waals surface area contributed by atoms with Gasteiger partial charge in [-0.15, -0.1) is 0 Å². The molecule has 0 saturated heterocycles. The first-order valence-corrected chi connectivity index (χ1v) is 8.85. The van der Waals surface area contributed by atoms with E-state index in [1.54, 1.807) is 12.1 Å². The minimum Gasteiger partial charge on any atom is -0.393 e. The number of hydrogen-bond acceptors (Lipinski definition) is 2. The number of aliphatic hydroxyl groups is 1. The van der Waals surface area contributed by atoms with E-state index in [1.807, 2.05) is 18.2 Å². The molecule has 0 heterocycles. The number of rotatable bonds is 4. The molecular formula is C20H22FNOS. The Bertz CT molecular complexity index is 674. The third kappa shape index (κ3) is 4.00. The predicted molar refractivity (Wildman–Crippen MR) is 98.4 cm³/mol. The van der Waals surface area contributed by atoms with Crippen LogP contribution < -0.4 is 5.32 Å². The lowest BCUT2D eigenvalue weighted by Gasteiger charge is -2.35. The van der Waals surface area contributed by atoms with Gasteiger partial charge in [-0.05, 0) is 42.7 Å². The molecule has 2 N–H and O–H groups in total. The Labute approximate surface area is 147 Å². The summed E-state index contributed by atoms with van der Waals surface area (Å²) in [6.07, 6.45) is 3.67. The molecule has 2 nitrogen and oxygen atoms in total. The van der Waals surface area contributed by atoms with Gasteiger partial charge in [0.2, 0.25) is 0 Å². The molecular weight excluding hydrogens is 321 g/mol. The van der Waals surface area contributed by atoms with E-state index in [4.69, 9.17) is 12.2 Å². The zero-order valence-electron chi connectivity index (χ0n) is 13.5. The fourth-order valence-corrected chi connectivity index (χ4v) is 3.72. The van der Waals surface area contributed by atoms with Gasteiger partial charge in [-0.2, -0.15) is 0 Å². The van der Waals surface area contributed by atoms with E-state index < -0.39 is 0 Å². The van der Waals surface area contributed by atoms with Crippen LogP contribution in [0.3, 0.4) is 0 Å². The third-order valence-corrected chi connectivity index (χ3v) is 5.11. The van der Waals surface area contributed by atoms with Crippen molar-refractivity contribution in [1.82, 2.24) is 5.32 Å². The summed E-state index contributed by atoms with van der Waals surface area (Å²) in [5.41, 5.74) is 1.91. The highest BCUT2D eigenvalue weighted by Gasteiger charge is 2.32. The van der Waals surface area contributed by atoms with Crippen molar-refractivity contribution in [2.45, 2.75) is 37.8 Å².